The number of amides is 1. The fraction of sp³-hybridized carbons (Fsp3) is 0.905. The SMILES string of the molecule is CCCCCCCCCCCCCCCCCCCCCC/C=C/C(O)C(CO)NC(=O)CCCCCCC/C=C\CCCCCCCCCCCOC(=O)CCCCCCCCCCCCCC. The number of hydrogen-bond acceptors (Lipinski definition) is 5. The van der Waals surface area contributed by atoms with E-state index in [9.17, 15) is 19.8 Å². The van der Waals surface area contributed by atoms with Crippen molar-refractivity contribution in [3.63, 3.8) is 0 Å². The van der Waals surface area contributed by atoms with Gasteiger partial charge < -0.3 is 20.3 Å². The fourth-order valence-corrected chi connectivity index (χ4v) is 9.69. The lowest BCUT2D eigenvalue weighted by molar-refractivity contribution is -0.143. The number of allylic oxidation sites excluding steroid dienone is 3. The summed E-state index contributed by atoms with van der Waals surface area (Å²) in [4.78, 5) is 24.5. The molecule has 408 valence electrons. The van der Waals surface area contributed by atoms with Gasteiger partial charge in [-0.25, -0.2) is 0 Å². The minimum absolute atomic E-state index is 0.00330. The zero-order valence-electron chi connectivity index (χ0n) is 46.6. The standard InChI is InChI=1S/C63H121NO5/c1-3-5-7-9-11-13-15-17-18-19-20-21-22-23-26-29-32-35-39-43-47-51-55-61(66)60(59-65)64-62(67)56-52-48-44-40-36-33-30-27-24-25-28-31-34-38-42-46-50-54-58-69-63(68)57-53-49-45-41-37-16-14-12-10-8-6-4-2/h27,30,51,55,60-61,65-66H,3-26,28-29,31-50,52-54,56-59H2,1-2H3,(H,64,67)/b30-27-,55-51+. The molecule has 0 aromatic heterocycles. The fourth-order valence-electron chi connectivity index (χ4n) is 9.69. The van der Waals surface area contributed by atoms with Crippen molar-refractivity contribution >= 4 is 11.9 Å². The summed E-state index contributed by atoms with van der Waals surface area (Å²) in [7, 11) is 0. The first-order chi connectivity index (χ1) is 34.0. The summed E-state index contributed by atoms with van der Waals surface area (Å²) in [6.45, 7) is 4.91. The number of unbranched alkanes of at least 4 members (excludes halogenated alkanes) is 45. The highest BCUT2D eigenvalue weighted by atomic mass is 16.5. The Morgan fingerprint density at radius 1 is 0.391 bits per heavy atom. The second-order valence-corrected chi connectivity index (χ2v) is 21.4. The minimum Gasteiger partial charge on any atom is -0.466 e. The molecule has 69 heavy (non-hydrogen) atoms. The van der Waals surface area contributed by atoms with E-state index in [1.807, 2.05) is 6.08 Å². The van der Waals surface area contributed by atoms with Gasteiger partial charge in [-0.2, -0.15) is 0 Å². The van der Waals surface area contributed by atoms with Gasteiger partial charge in [-0.15, -0.1) is 0 Å². The molecule has 0 bridgehead atoms. The van der Waals surface area contributed by atoms with Crippen LogP contribution in [0.4, 0.5) is 0 Å². The zero-order chi connectivity index (χ0) is 50.0. The highest BCUT2D eigenvalue weighted by molar-refractivity contribution is 5.76. The van der Waals surface area contributed by atoms with Gasteiger partial charge in [0.1, 0.15) is 0 Å². The van der Waals surface area contributed by atoms with Crippen LogP contribution in [0.3, 0.4) is 0 Å². The molecule has 0 aliphatic carbocycles. The lowest BCUT2D eigenvalue weighted by Gasteiger charge is -2.20. The molecule has 0 aromatic rings. The van der Waals surface area contributed by atoms with Crippen LogP contribution < -0.4 is 5.32 Å². The molecule has 6 heteroatoms. The molecule has 1 amide bonds. The Hall–Kier alpha value is -1.66. The maximum absolute atomic E-state index is 12.5. The molecular formula is C63H121NO5. The number of nitrogens with one attached hydrogen (secondary N) is 1. The summed E-state index contributed by atoms with van der Waals surface area (Å²) in [5.41, 5.74) is 0. The highest BCUT2D eigenvalue weighted by Crippen LogP contribution is 2.17. The van der Waals surface area contributed by atoms with E-state index in [4.69, 9.17) is 4.74 Å². The van der Waals surface area contributed by atoms with E-state index < -0.39 is 12.1 Å². The molecule has 2 atom stereocenters. The number of hydrogen-bond donors (Lipinski definition) is 3. The van der Waals surface area contributed by atoms with Crippen LogP contribution in [0.15, 0.2) is 24.3 Å². The summed E-state index contributed by atoms with van der Waals surface area (Å²) >= 11 is 0. The Morgan fingerprint density at radius 3 is 1.03 bits per heavy atom. The van der Waals surface area contributed by atoms with Crippen molar-refractivity contribution in [2.45, 2.75) is 353 Å². The highest BCUT2D eigenvalue weighted by Gasteiger charge is 2.18. The Labute approximate surface area is 431 Å². The maximum atomic E-state index is 12.5. The number of carbonyl (C=O) groups is 2. The number of aliphatic hydroxyl groups is 2. The van der Waals surface area contributed by atoms with Crippen LogP contribution in [-0.2, 0) is 14.3 Å². The molecule has 0 radical (unpaired) electrons. The van der Waals surface area contributed by atoms with Crippen LogP contribution >= 0.6 is 0 Å². The topological polar surface area (TPSA) is 95.9 Å². The third-order valence-electron chi connectivity index (χ3n) is 14.5. The van der Waals surface area contributed by atoms with Crippen LogP contribution in [0.25, 0.3) is 0 Å². The second-order valence-electron chi connectivity index (χ2n) is 21.4. The first-order valence-corrected chi connectivity index (χ1v) is 31.1. The predicted octanol–water partition coefficient (Wildman–Crippen LogP) is 19.4. The van der Waals surface area contributed by atoms with Gasteiger partial charge in [0.05, 0.1) is 25.4 Å². The molecule has 6 nitrogen and oxygen atoms in total. The van der Waals surface area contributed by atoms with Crippen molar-refractivity contribution in [1.29, 1.82) is 0 Å². The lowest BCUT2D eigenvalue weighted by atomic mass is 10.0. The second kappa shape index (κ2) is 58.9. The first-order valence-electron chi connectivity index (χ1n) is 31.1. The van der Waals surface area contributed by atoms with Gasteiger partial charge in [-0.1, -0.05) is 295 Å². The van der Waals surface area contributed by atoms with E-state index in [0.29, 0.717) is 19.4 Å². The molecule has 0 spiro atoms. The van der Waals surface area contributed by atoms with E-state index in [2.05, 4.69) is 31.3 Å². The van der Waals surface area contributed by atoms with E-state index in [1.165, 1.54) is 257 Å². The molecule has 3 N–H and O–H groups in total. The quantitative estimate of drug-likeness (QED) is 0.0321. The molecule has 0 aromatic carbocycles. The lowest BCUT2D eigenvalue weighted by Crippen LogP contribution is -2.45. The normalized spacial score (nSPS) is 12.7. The average molecular weight is 973 g/mol. The molecule has 0 aliphatic rings. The van der Waals surface area contributed by atoms with Crippen LogP contribution in [0.2, 0.25) is 0 Å². The van der Waals surface area contributed by atoms with Crippen LogP contribution in [0.5, 0.6) is 0 Å². The third-order valence-corrected chi connectivity index (χ3v) is 14.5. The first kappa shape index (κ1) is 67.3. The summed E-state index contributed by atoms with van der Waals surface area (Å²) < 4.78 is 5.47. The molecule has 0 rings (SSSR count). The Balaban J connectivity index is 3.48. The molecule has 0 aliphatic heterocycles. The molecule has 0 heterocycles. The van der Waals surface area contributed by atoms with Crippen LogP contribution in [-0.4, -0.2) is 47.4 Å². The van der Waals surface area contributed by atoms with Gasteiger partial charge in [0, 0.05) is 12.8 Å². The monoisotopic (exact) mass is 972 g/mol. The Morgan fingerprint density at radius 2 is 0.681 bits per heavy atom. The van der Waals surface area contributed by atoms with Gasteiger partial charge in [-0.3, -0.25) is 9.59 Å². The molecule has 2 unspecified atom stereocenters. The molecule has 0 saturated carbocycles. The minimum atomic E-state index is -0.854. The smallest absolute Gasteiger partial charge is 0.305 e. The Kier molecular flexibility index (Phi) is 57.5. The van der Waals surface area contributed by atoms with Gasteiger partial charge in [0.2, 0.25) is 5.91 Å². The van der Waals surface area contributed by atoms with E-state index in [-0.39, 0.29) is 18.5 Å². The van der Waals surface area contributed by atoms with Gasteiger partial charge in [-0.05, 0) is 57.8 Å². The van der Waals surface area contributed by atoms with E-state index >= 15 is 0 Å². The summed E-state index contributed by atoms with van der Waals surface area (Å²) in [6.07, 6.45) is 72.1. The summed E-state index contributed by atoms with van der Waals surface area (Å²) in [5, 5.41) is 23.2. The average Bonchev–Trinajstić information content (AvgIpc) is 3.35. The number of esters is 1. The number of carbonyl (C=O) groups excluding carboxylic acids is 2. The van der Waals surface area contributed by atoms with Crippen molar-refractivity contribution in [1.82, 2.24) is 5.32 Å². The van der Waals surface area contributed by atoms with Crippen molar-refractivity contribution in [3.05, 3.63) is 24.3 Å². The molecular weight excluding hydrogens is 851 g/mol. The van der Waals surface area contributed by atoms with Crippen molar-refractivity contribution in [3.8, 4) is 0 Å². The van der Waals surface area contributed by atoms with Gasteiger partial charge in [0.25, 0.3) is 0 Å². The van der Waals surface area contributed by atoms with Crippen LogP contribution in [0.1, 0.15) is 341 Å². The number of rotatable bonds is 58. The Bertz CT molecular complexity index is 1080. The largest absolute Gasteiger partial charge is 0.466 e. The number of aliphatic hydroxyl groups excluding tert-OH is 2. The van der Waals surface area contributed by atoms with Crippen molar-refractivity contribution < 1.29 is 24.5 Å². The van der Waals surface area contributed by atoms with Crippen molar-refractivity contribution in [2.75, 3.05) is 13.2 Å². The molecule has 0 saturated heterocycles. The summed E-state index contributed by atoms with van der Waals surface area (Å²) in [6, 6.07) is -0.638. The summed E-state index contributed by atoms with van der Waals surface area (Å²) in [5.74, 6) is -0.0758. The molecule has 0 fully saturated rings. The predicted molar refractivity (Wildman–Crippen MR) is 301 cm³/mol. The maximum Gasteiger partial charge on any atom is 0.305 e. The number of ether oxygens (including phenoxy) is 1. The van der Waals surface area contributed by atoms with Gasteiger partial charge >= 0.3 is 5.97 Å². The third kappa shape index (κ3) is 55.5. The zero-order valence-corrected chi connectivity index (χ0v) is 46.6. The van der Waals surface area contributed by atoms with Gasteiger partial charge in [0.15, 0.2) is 0 Å². The van der Waals surface area contributed by atoms with E-state index in [0.717, 1.165) is 57.8 Å². The van der Waals surface area contributed by atoms with Crippen molar-refractivity contribution in [2.24, 2.45) is 0 Å². The van der Waals surface area contributed by atoms with Crippen LogP contribution in [0, 0.1) is 0 Å². The van der Waals surface area contributed by atoms with E-state index in [1.54, 1.807) is 6.08 Å².